The standard InChI is InChI=1S/C3H4ClOS/c4-3-1-2-6(3)5-3/h1,6H,2H2/t3-/m0/s1. The second-order valence-electron chi connectivity index (χ2n) is 1.47. The first-order chi connectivity index (χ1) is 2.81. The van der Waals surface area contributed by atoms with Crippen LogP contribution >= 0.6 is 22.8 Å². The molecule has 2 aliphatic rings. The minimum absolute atomic E-state index is 0.123. The van der Waals surface area contributed by atoms with Gasteiger partial charge in [0, 0.05) is 12.2 Å². The number of hydrogen-bond acceptors (Lipinski definition) is 1. The minimum atomic E-state index is -0.199. The van der Waals surface area contributed by atoms with Crippen LogP contribution in [0.1, 0.15) is 0 Å². The van der Waals surface area contributed by atoms with Gasteiger partial charge < -0.3 is 4.18 Å². The number of hydrogen-bond donors (Lipinski definition) is 1. The number of fused-ring (bicyclic) bond motifs is 1. The Bertz CT molecular complexity index is 92.8. The maximum Gasteiger partial charge on any atom is 0.206 e. The van der Waals surface area contributed by atoms with Crippen LogP contribution in [0.25, 0.3) is 0 Å². The molecule has 0 aromatic carbocycles. The van der Waals surface area contributed by atoms with Crippen LogP contribution in [-0.2, 0) is 4.18 Å². The highest BCUT2D eigenvalue weighted by atomic mass is 35.5. The van der Waals surface area contributed by atoms with Crippen molar-refractivity contribution >= 4 is 22.8 Å². The summed E-state index contributed by atoms with van der Waals surface area (Å²) in [6.07, 6.45) is 2.01. The predicted octanol–water partition coefficient (Wildman–Crippen LogP) is 1.04. The van der Waals surface area contributed by atoms with Crippen LogP contribution in [-0.4, -0.2) is 10.1 Å². The lowest BCUT2D eigenvalue weighted by atomic mass is 10.5. The molecular weight excluding hydrogens is 120 g/mol. The van der Waals surface area contributed by atoms with Gasteiger partial charge >= 0.3 is 0 Å². The third kappa shape index (κ3) is 0.245. The van der Waals surface area contributed by atoms with Gasteiger partial charge in [-0.1, -0.05) is 22.8 Å². The van der Waals surface area contributed by atoms with Crippen molar-refractivity contribution in [2.75, 3.05) is 5.75 Å². The molecule has 0 spiro atoms. The number of thiol groups is 1. The van der Waals surface area contributed by atoms with Crippen LogP contribution in [0, 0.1) is 6.42 Å². The molecule has 0 N–H and O–H groups in total. The fourth-order valence-corrected chi connectivity index (χ4v) is 2.39. The quantitative estimate of drug-likeness (QED) is 0.289. The molecule has 0 saturated carbocycles. The van der Waals surface area contributed by atoms with Crippen molar-refractivity contribution in [3.8, 4) is 0 Å². The van der Waals surface area contributed by atoms with Crippen molar-refractivity contribution in [1.29, 1.82) is 0 Å². The van der Waals surface area contributed by atoms with Gasteiger partial charge in [-0.15, -0.1) is 0 Å². The Morgan fingerprint density at radius 3 is 2.67 bits per heavy atom. The van der Waals surface area contributed by atoms with E-state index in [2.05, 4.69) is 0 Å². The van der Waals surface area contributed by atoms with E-state index in [9.17, 15) is 0 Å². The first-order valence-electron chi connectivity index (χ1n) is 1.81. The first-order valence-corrected chi connectivity index (χ1v) is 3.64. The van der Waals surface area contributed by atoms with E-state index >= 15 is 0 Å². The van der Waals surface area contributed by atoms with Gasteiger partial charge in [0.1, 0.15) is 0 Å². The molecular formula is C3H4ClOS. The normalized spacial score (nSPS) is 62.5. The van der Waals surface area contributed by atoms with Crippen LogP contribution in [0.3, 0.4) is 0 Å². The summed E-state index contributed by atoms with van der Waals surface area (Å²) in [7, 11) is 0. The molecule has 0 bridgehead atoms. The molecule has 0 unspecified atom stereocenters. The van der Waals surface area contributed by atoms with Gasteiger partial charge in [-0.25, -0.2) is 0 Å². The predicted molar refractivity (Wildman–Crippen MR) is 27.8 cm³/mol. The van der Waals surface area contributed by atoms with Crippen molar-refractivity contribution < 1.29 is 4.18 Å². The summed E-state index contributed by atoms with van der Waals surface area (Å²) in [4.78, 5) is 0. The summed E-state index contributed by atoms with van der Waals surface area (Å²) < 4.78 is 4.79. The van der Waals surface area contributed by atoms with Gasteiger partial charge in [0.15, 0.2) is 0 Å². The topological polar surface area (TPSA) is 12.5 Å². The Kier molecular flexibility index (Phi) is 0.446. The molecule has 2 fully saturated rings. The summed E-state index contributed by atoms with van der Waals surface area (Å²) >= 11 is 5.51. The van der Waals surface area contributed by atoms with Crippen LogP contribution in [0.4, 0.5) is 0 Å². The maximum atomic E-state index is 5.63. The van der Waals surface area contributed by atoms with Gasteiger partial charge in [-0.2, -0.15) is 0 Å². The average molecular weight is 124 g/mol. The number of alkyl halides is 1. The van der Waals surface area contributed by atoms with Crippen LogP contribution in [0.2, 0.25) is 0 Å². The molecule has 35 valence electrons. The molecule has 2 saturated heterocycles. The third-order valence-electron chi connectivity index (χ3n) is 1.05. The van der Waals surface area contributed by atoms with E-state index in [1.54, 1.807) is 0 Å². The zero-order valence-corrected chi connectivity index (χ0v) is 4.67. The van der Waals surface area contributed by atoms with E-state index in [-0.39, 0.29) is 15.6 Å². The highest BCUT2D eigenvalue weighted by molar-refractivity contribution is 8.22. The first kappa shape index (κ1) is 3.58. The molecule has 3 heteroatoms. The molecule has 2 heterocycles. The maximum absolute atomic E-state index is 5.63. The lowest BCUT2D eigenvalue weighted by Gasteiger charge is -2.09. The molecule has 0 aliphatic carbocycles. The third-order valence-corrected chi connectivity index (χ3v) is 3.77. The summed E-state index contributed by atoms with van der Waals surface area (Å²) in [6.45, 7) is 0. The number of halogens is 1. The van der Waals surface area contributed by atoms with E-state index in [4.69, 9.17) is 15.8 Å². The van der Waals surface area contributed by atoms with Crippen molar-refractivity contribution in [1.82, 2.24) is 0 Å². The lowest BCUT2D eigenvalue weighted by molar-refractivity contribution is 0.466. The molecule has 0 aromatic heterocycles. The van der Waals surface area contributed by atoms with Gasteiger partial charge in [-0.3, -0.25) is 0 Å². The van der Waals surface area contributed by atoms with E-state index in [0.29, 0.717) is 0 Å². The lowest BCUT2D eigenvalue weighted by Crippen LogP contribution is -2.10. The van der Waals surface area contributed by atoms with Crippen molar-refractivity contribution in [2.45, 2.75) is 4.39 Å². The van der Waals surface area contributed by atoms with Crippen LogP contribution < -0.4 is 0 Å². The monoisotopic (exact) mass is 123 g/mol. The van der Waals surface area contributed by atoms with Crippen LogP contribution in [0.15, 0.2) is 0 Å². The summed E-state index contributed by atoms with van der Waals surface area (Å²) in [6, 6.07) is 0. The molecule has 0 aromatic rings. The average Bonchev–Trinajstić information content (AvgIpc) is 1.88. The van der Waals surface area contributed by atoms with E-state index in [0.717, 1.165) is 5.75 Å². The summed E-state index contributed by atoms with van der Waals surface area (Å²) in [5.74, 6) is 1.12. The second kappa shape index (κ2) is 0.746. The molecule has 2 atom stereocenters. The number of rotatable bonds is 0. The van der Waals surface area contributed by atoms with Crippen molar-refractivity contribution in [2.24, 2.45) is 0 Å². The van der Waals surface area contributed by atoms with Gasteiger partial charge in [0.05, 0.1) is 0 Å². The van der Waals surface area contributed by atoms with Gasteiger partial charge in [-0.05, 0) is 0 Å². The second-order valence-corrected chi connectivity index (χ2v) is 4.26. The Morgan fingerprint density at radius 1 is 2.00 bits per heavy atom. The fraction of sp³-hybridized carbons (Fsp3) is 0.667. The zero-order chi connectivity index (χ0) is 4.20. The smallest absolute Gasteiger partial charge is 0.206 e. The van der Waals surface area contributed by atoms with E-state index in [1.807, 2.05) is 6.42 Å². The fourth-order valence-electron chi connectivity index (χ4n) is 0.518. The van der Waals surface area contributed by atoms with E-state index in [1.165, 1.54) is 0 Å². The Labute approximate surface area is 44.2 Å². The zero-order valence-electron chi connectivity index (χ0n) is 3.02. The minimum Gasteiger partial charge on any atom is -0.301 e. The largest absolute Gasteiger partial charge is 0.301 e. The Hall–Kier alpha value is 0.600. The summed E-state index contributed by atoms with van der Waals surface area (Å²) in [5.41, 5.74) is 0. The highest BCUT2D eigenvalue weighted by Gasteiger charge is 2.60. The van der Waals surface area contributed by atoms with Gasteiger partial charge in [0.2, 0.25) is 4.39 Å². The Morgan fingerprint density at radius 2 is 2.67 bits per heavy atom. The van der Waals surface area contributed by atoms with Crippen molar-refractivity contribution in [3.63, 3.8) is 0 Å². The van der Waals surface area contributed by atoms with Crippen LogP contribution in [0.5, 0.6) is 0 Å². The van der Waals surface area contributed by atoms with Crippen molar-refractivity contribution in [3.05, 3.63) is 6.42 Å². The summed E-state index contributed by atoms with van der Waals surface area (Å²) in [5, 5.41) is 0. The molecule has 6 heavy (non-hydrogen) atoms. The SMILES string of the molecule is Cl[C@]12[CH]C[S@H]1O2. The molecule has 2 rings (SSSR count). The Balaban J connectivity index is 2.22. The van der Waals surface area contributed by atoms with E-state index < -0.39 is 0 Å². The highest BCUT2D eigenvalue weighted by Crippen LogP contribution is 2.74. The molecule has 1 nitrogen and oxygen atoms in total. The molecule has 1 radical (unpaired) electrons. The molecule has 0 amide bonds. The van der Waals surface area contributed by atoms with Gasteiger partial charge in [0.25, 0.3) is 0 Å². The molecule has 2 aliphatic heterocycles.